The quantitative estimate of drug-likeness (QED) is 0.751. The molecule has 0 fully saturated rings. The molecule has 3 aromatic rings. The molecule has 0 saturated heterocycles. The minimum Gasteiger partial charge on any atom is -0.477 e. The van der Waals surface area contributed by atoms with Gasteiger partial charge in [0.1, 0.15) is 11.1 Å². The van der Waals surface area contributed by atoms with E-state index >= 15 is 0 Å². The molecule has 1 aromatic carbocycles. The summed E-state index contributed by atoms with van der Waals surface area (Å²) >= 11 is 0. The van der Waals surface area contributed by atoms with Crippen molar-refractivity contribution in [2.75, 3.05) is 0 Å². The number of hydrogen-bond donors (Lipinski definition) is 1. The number of carboxylic acid groups (broad SMARTS) is 1. The van der Waals surface area contributed by atoms with Gasteiger partial charge in [-0.1, -0.05) is 5.21 Å². The molecule has 102 valence electrons. The van der Waals surface area contributed by atoms with E-state index in [1.54, 1.807) is 28.4 Å². The Hall–Kier alpha value is -2.70. The first kappa shape index (κ1) is 12.3. The molecule has 2 aromatic heterocycles. The van der Waals surface area contributed by atoms with Crippen LogP contribution < -0.4 is 5.43 Å². The summed E-state index contributed by atoms with van der Waals surface area (Å²) in [5.41, 5.74) is 1.28. The molecule has 0 aliphatic carbocycles. The molecule has 0 amide bonds. The van der Waals surface area contributed by atoms with Crippen LogP contribution >= 0.6 is 0 Å². The second kappa shape index (κ2) is 4.16. The Labute approximate surface area is 113 Å². The number of rotatable bonds is 2. The van der Waals surface area contributed by atoms with Gasteiger partial charge in [0, 0.05) is 25.2 Å². The summed E-state index contributed by atoms with van der Waals surface area (Å²) in [5.74, 6) is -1.22. The van der Waals surface area contributed by atoms with Crippen molar-refractivity contribution in [2.24, 2.45) is 7.05 Å². The van der Waals surface area contributed by atoms with Crippen LogP contribution in [0.25, 0.3) is 21.9 Å². The minimum atomic E-state index is -1.22. The Morgan fingerprint density at radius 2 is 2.15 bits per heavy atom. The van der Waals surface area contributed by atoms with E-state index in [0.29, 0.717) is 23.0 Å². The maximum atomic E-state index is 12.2. The molecule has 3 rings (SSSR count). The average molecular weight is 272 g/mol. The van der Waals surface area contributed by atoms with Crippen molar-refractivity contribution in [1.82, 2.24) is 19.6 Å². The van der Waals surface area contributed by atoms with Crippen LogP contribution in [-0.4, -0.2) is 30.6 Å². The number of aromatic carboxylic acids is 1. The van der Waals surface area contributed by atoms with E-state index in [0.717, 1.165) is 5.52 Å². The van der Waals surface area contributed by atoms with Gasteiger partial charge in [-0.25, -0.2) is 9.48 Å². The zero-order chi connectivity index (χ0) is 14.4. The van der Waals surface area contributed by atoms with E-state index < -0.39 is 11.4 Å². The number of nitrogens with zero attached hydrogens (tertiary/aromatic N) is 4. The summed E-state index contributed by atoms with van der Waals surface area (Å²) in [7, 11) is 1.77. The number of carbonyl (C=O) groups is 1. The van der Waals surface area contributed by atoms with Gasteiger partial charge in [-0.2, -0.15) is 0 Å². The summed E-state index contributed by atoms with van der Waals surface area (Å²) in [6.07, 6.45) is 1.36. The van der Waals surface area contributed by atoms with Crippen molar-refractivity contribution in [1.29, 1.82) is 0 Å². The lowest BCUT2D eigenvalue weighted by atomic mass is 10.1. The number of aromatic nitrogens is 4. The molecular formula is C13H12N4O3. The van der Waals surface area contributed by atoms with Gasteiger partial charge in [0.05, 0.1) is 11.0 Å². The van der Waals surface area contributed by atoms with E-state index in [2.05, 4.69) is 10.3 Å². The van der Waals surface area contributed by atoms with E-state index in [4.69, 9.17) is 5.11 Å². The Morgan fingerprint density at radius 3 is 2.80 bits per heavy atom. The van der Waals surface area contributed by atoms with Crippen LogP contribution in [0.15, 0.2) is 23.1 Å². The van der Waals surface area contributed by atoms with Crippen LogP contribution in [0.3, 0.4) is 0 Å². The number of benzene rings is 1. The fourth-order valence-corrected chi connectivity index (χ4v) is 2.39. The zero-order valence-corrected chi connectivity index (χ0v) is 11.0. The summed E-state index contributed by atoms with van der Waals surface area (Å²) in [5, 5.41) is 17.5. The summed E-state index contributed by atoms with van der Waals surface area (Å²) in [4.78, 5) is 23.4. The molecule has 0 spiro atoms. The number of fused-ring (bicyclic) bond motifs is 3. The van der Waals surface area contributed by atoms with Gasteiger partial charge in [-0.3, -0.25) is 4.79 Å². The van der Waals surface area contributed by atoms with Gasteiger partial charge in [0.25, 0.3) is 0 Å². The van der Waals surface area contributed by atoms with Gasteiger partial charge in [-0.15, -0.1) is 5.10 Å². The Kier molecular flexibility index (Phi) is 2.56. The fourth-order valence-electron chi connectivity index (χ4n) is 2.39. The lowest BCUT2D eigenvalue weighted by molar-refractivity contribution is 0.0695. The maximum Gasteiger partial charge on any atom is 0.341 e. The highest BCUT2D eigenvalue weighted by Crippen LogP contribution is 2.21. The molecule has 20 heavy (non-hydrogen) atoms. The zero-order valence-electron chi connectivity index (χ0n) is 11.0. The van der Waals surface area contributed by atoms with Crippen molar-refractivity contribution in [3.63, 3.8) is 0 Å². The van der Waals surface area contributed by atoms with Crippen LogP contribution in [0.4, 0.5) is 0 Å². The molecule has 0 atom stereocenters. The van der Waals surface area contributed by atoms with E-state index in [1.165, 1.54) is 6.20 Å². The highest BCUT2D eigenvalue weighted by molar-refractivity contribution is 6.03. The molecule has 7 heteroatoms. The first-order valence-corrected chi connectivity index (χ1v) is 6.13. The lowest BCUT2D eigenvalue weighted by Crippen LogP contribution is -2.18. The summed E-state index contributed by atoms with van der Waals surface area (Å²) in [6.45, 7) is 2.41. The molecule has 0 aliphatic rings. The van der Waals surface area contributed by atoms with Crippen LogP contribution in [0.5, 0.6) is 0 Å². The number of carboxylic acids is 1. The van der Waals surface area contributed by atoms with Crippen molar-refractivity contribution in [3.8, 4) is 0 Å². The first-order valence-electron chi connectivity index (χ1n) is 6.13. The van der Waals surface area contributed by atoms with Gasteiger partial charge < -0.3 is 9.67 Å². The van der Waals surface area contributed by atoms with Crippen molar-refractivity contribution in [3.05, 3.63) is 34.1 Å². The van der Waals surface area contributed by atoms with Crippen LogP contribution in [0.1, 0.15) is 17.3 Å². The summed E-state index contributed by atoms with van der Waals surface area (Å²) < 4.78 is 3.33. The van der Waals surface area contributed by atoms with Gasteiger partial charge >= 0.3 is 5.97 Å². The van der Waals surface area contributed by atoms with Crippen LogP contribution in [0.2, 0.25) is 0 Å². The molecule has 2 heterocycles. The highest BCUT2D eigenvalue weighted by atomic mass is 16.4. The first-order chi connectivity index (χ1) is 9.54. The largest absolute Gasteiger partial charge is 0.477 e. The summed E-state index contributed by atoms with van der Waals surface area (Å²) in [6, 6.07) is 3.35. The molecule has 0 radical (unpaired) electrons. The predicted molar refractivity (Wildman–Crippen MR) is 72.9 cm³/mol. The van der Waals surface area contributed by atoms with Crippen LogP contribution in [0, 0.1) is 0 Å². The SMILES string of the molecule is CCn1cc(C(=O)O)c(=O)c2ccc3c(nnn3C)c21. The third-order valence-corrected chi connectivity index (χ3v) is 3.39. The molecular weight excluding hydrogens is 260 g/mol. The maximum absolute atomic E-state index is 12.2. The second-order valence-corrected chi connectivity index (χ2v) is 4.51. The molecule has 0 bridgehead atoms. The highest BCUT2D eigenvalue weighted by Gasteiger charge is 2.17. The number of aryl methyl sites for hydroxylation is 2. The van der Waals surface area contributed by atoms with E-state index in [9.17, 15) is 9.59 Å². The fraction of sp³-hybridized carbons (Fsp3) is 0.231. The molecule has 0 aliphatic heterocycles. The van der Waals surface area contributed by atoms with Crippen molar-refractivity contribution >= 4 is 27.9 Å². The topological polar surface area (TPSA) is 90.0 Å². The van der Waals surface area contributed by atoms with E-state index in [1.807, 2.05) is 6.92 Å². The Morgan fingerprint density at radius 1 is 1.40 bits per heavy atom. The molecule has 7 nitrogen and oxygen atoms in total. The van der Waals surface area contributed by atoms with Crippen molar-refractivity contribution < 1.29 is 9.90 Å². The lowest BCUT2D eigenvalue weighted by Gasteiger charge is -2.10. The molecule has 0 unspecified atom stereocenters. The third-order valence-electron chi connectivity index (χ3n) is 3.39. The number of pyridine rings is 1. The van der Waals surface area contributed by atoms with Gasteiger partial charge in [-0.05, 0) is 19.1 Å². The molecule has 0 saturated carbocycles. The van der Waals surface area contributed by atoms with Crippen LogP contribution in [-0.2, 0) is 13.6 Å². The van der Waals surface area contributed by atoms with Crippen molar-refractivity contribution in [2.45, 2.75) is 13.5 Å². The smallest absolute Gasteiger partial charge is 0.341 e. The monoisotopic (exact) mass is 272 g/mol. The van der Waals surface area contributed by atoms with Gasteiger partial charge in [0.2, 0.25) is 5.43 Å². The van der Waals surface area contributed by atoms with Gasteiger partial charge in [0.15, 0.2) is 0 Å². The normalized spacial score (nSPS) is 11.3. The third kappa shape index (κ3) is 1.52. The number of hydrogen-bond acceptors (Lipinski definition) is 4. The minimum absolute atomic E-state index is 0.234. The predicted octanol–water partition coefficient (Wildman–Crippen LogP) is 1.00. The van der Waals surface area contributed by atoms with E-state index in [-0.39, 0.29) is 5.56 Å². The average Bonchev–Trinajstić information content (AvgIpc) is 2.81. The Balaban J connectivity index is 2.59. The molecule has 1 N–H and O–H groups in total. The second-order valence-electron chi connectivity index (χ2n) is 4.51. The Bertz CT molecular complexity index is 907. The standard InChI is InChI=1S/C13H12N4O3/c1-3-17-6-8(13(19)20)12(18)7-4-5-9-10(11(7)17)14-15-16(9)2/h4-6H,3H2,1-2H3,(H,19,20).